The summed E-state index contributed by atoms with van der Waals surface area (Å²) in [7, 11) is 0. The van der Waals surface area contributed by atoms with Gasteiger partial charge in [0.1, 0.15) is 0 Å². The maximum atomic E-state index is 5.64. The molecule has 4 nitrogen and oxygen atoms in total. The average molecular weight is 267 g/mol. The predicted molar refractivity (Wildman–Crippen MR) is 79.5 cm³/mol. The van der Waals surface area contributed by atoms with Crippen LogP contribution in [-0.4, -0.2) is 38.3 Å². The molecule has 2 N–H and O–H groups in total. The Balaban J connectivity index is 1.79. The van der Waals surface area contributed by atoms with Crippen LogP contribution >= 0.6 is 0 Å². The van der Waals surface area contributed by atoms with Crippen LogP contribution in [0.2, 0.25) is 0 Å². The molecule has 2 aliphatic rings. The van der Waals surface area contributed by atoms with Crippen LogP contribution in [0.4, 0.5) is 0 Å². The first kappa shape index (κ1) is 14.6. The predicted octanol–water partition coefficient (Wildman–Crippen LogP) is 2.30. The zero-order valence-electron chi connectivity index (χ0n) is 12.5. The lowest BCUT2D eigenvalue weighted by atomic mass is 9.67. The maximum Gasteiger partial charge on any atom is 0.191 e. The van der Waals surface area contributed by atoms with Crippen molar-refractivity contribution < 1.29 is 4.74 Å². The highest BCUT2D eigenvalue weighted by Crippen LogP contribution is 2.43. The first-order chi connectivity index (χ1) is 9.28. The number of ether oxygens (including phenoxy) is 1. The van der Waals surface area contributed by atoms with E-state index in [-0.39, 0.29) is 0 Å². The molecule has 19 heavy (non-hydrogen) atoms. The second-order valence-corrected chi connectivity index (χ2v) is 5.92. The molecule has 0 amide bonds. The minimum atomic E-state index is 0.368. The standard InChI is InChI=1S/C15H29N3O/c1-3-15(8-6-9-15)12-18-14(16-4-2)17-11-13-7-5-10-19-13/h13H,3-12H2,1-2H3,(H2,16,17,18). The van der Waals surface area contributed by atoms with Crippen LogP contribution in [0.15, 0.2) is 4.99 Å². The number of hydrogen-bond acceptors (Lipinski definition) is 2. The number of nitrogens with zero attached hydrogens (tertiary/aromatic N) is 1. The highest BCUT2D eigenvalue weighted by atomic mass is 16.5. The molecule has 2 fully saturated rings. The molecular weight excluding hydrogens is 238 g/mol. The molecular formula is C15H29N3O. The molecule has 1 unspecified atom stereocenters. The zero-order valence-corrected chi connectivity index (χ0v) is 12.5. The third-order valence-corrected chi connectivity index (χ3v) is 4.60. The molecule has 110 valence electrons. The molecule has 1 saturated carbocycles. The van der Waals surface area contributed by atoms with Crippen LogP contribution in [0.1, 0.15) is 52.4 Å². The summed E-state index contributed by atoms with van der Waals surface area (Å²) in [6, 6.07) is 0. The molecule has 2 rings (SSSR count). The van der Waals surface area contributed by atoms with Crippen LogP contribution in [0, 0.1) is 5.41 Å². The van der Waals surface area contributed by atoms with Crippen LogP contribution in [0.25, 0.3) is 0 Å². The van der Waals surface area contributed by atoms with Crippen molar-refractivity contribution >= 4 is 5.96 Å². The molecule has 0 aromatic heterocycles. The van der Waals surface area contributed by atoms with Crippen LogP contribution in [-0.2, 0) is 4.74 Å². The van der Waals surface area contributed by atoms with Crippen molar-refractivity contribution in [1.82, 2.24) is 10.6 Å². The zero-order chi connectivity index (χ0) is 13.6. The Morgan fingerprint density at radius 3 is 2.63 bits per heavy atom. The Morgan fingerprint density at radius 2 is 2.11 bits per heavy atom. The lowest BCUT2D eigenvalue weighted by Crippen LogP contribution is -2.42. The van der Waals surface area contributed by atoms with E-state index in [1.54, 1.807) is 0 Å². The van der Waals surface area contributed by atoms with Crippen molar-refractivity contribution in [2.45, 2.75) is 58.5 Å². The van der Waals surface area contributed by atoms with Crippen LogP contribution in [0.3, 0.4) is 0 Å². The summed E-state index contributed by atoms with van der Waals surface area (Å²) in [6.45, 7) is 8.08. The van der Waals surface area contributed by atoms with Gasteiger partial charge in [-0.15, -0.1) is 0 Å². The molecule has 1 aliphatic heterocycles. The quantitative estimate of drug-likeness (QED) is 0.573. The summed E-state index contributed by atoms with van der Waals surface area (Å²) >= 11 is 0. The number of aliphatic imine (C=N–C) groups is 1. The fourth-order valence-corrected chi connectivity index (χ4v) is 2.90. The third-order valence-electron chi connectivity index (χ3n) is 4.60. The van der Waals surface area contributed by atoms with Gasteiger partial charge >= 0.3 is 0 Å². The Hall–Kier alpha value is -0.770. The van der Waals surface area contributed by atoms with E-state index < -0.39 is 0 Å². The molecule has 4 heteroatoms. The summed E-state index contributed by atoms with van der Waals surface area (Å²) in [5.74, 6) is 0.956. The molecule has 0 spiro atoms. The van der Waals surface area contributed by atoms with Gasteiger partial charge in [-0.25, -0.2) is 0 Å². The number of guanidine groups is 1. The second kappa shape index (κ2) is 7.13. The Morgan fingerprint density at radius 1 is 1.26 bits per heavy atom. The van der Waals surface area contributed by atoms with Crippen molar-refractivity contribution in [3.8, 4) is 0 Å². The fraction of sp³-hybridized carbons (Fsp3) is 0.933. The molecule has 0 aromatic rings. The van der Waals surface area contributed by atoms with E-state index in [0.29, 0.717) is 11.5 Å². The van der Waals surface area contributed by atoms with Crippen LogP contribution in [0.5, 0.6) is 0 Å². The van der Waals surface area contributed by atoms with E-state index >= 15 is 0 Å². The van der Waals surface area contributed by atoms with Gasteiger partial charge in [-0.1, -0.05) is 13.3 Å². The first-order valence-corrected chi connectivity index (χ1v) is 7.92. The number of rotatable bonds is 6. The molecule has 0 aromatic carbocycles. The third kappa shape index (κ3) is 4.10. The Kier molecular flexibility index (Phi) is 5.49. The fourth-order valence-electron chi connectivity index (χ4n) is 2.90. The minimum absolute atomic E-state index is 0.368. The summed E-state index contributed by atoms with van der Waals surface area (Å²) in [6.07, 6.45) is 8.05. The van der Waals surface area contributed by atoms with Crippen molar-refractivity contribution in [1.29, 1.82) is 0 Å². The summed E-state index contributed by atoms with van der Waals surface area (Å²) in [4.78, 5) is 4.78. The molecule has 0 bridgehead atoms. The Bertz CT molecular complexity index is 288. The van der Waals surface area contributed by atoms with Gasteiger partial charge in [0.15, 0.2) is 5.96 Å². The second-order valence-electron chi connectivity index (χ2n) is 5.92. The smallest absolute Gasteiger partial charge is 0.191 e. The van der Waals surface area contributed by atoms with Crippen molar-refractivity contribution in [2.75, 3.05) is 26.2 Å². The SMILES string of the molecule is CCNC(=NCC1(CC)CCC1)NCC1CCCO1. The lowest BCUT2D eigenvalue weighted by molar-refractivity contribution is 0.113. The first-order valence-electron chi connectivity index (χ1n) is 7.92. The molecule has 1 heterocycles. The number of hydrogen-bond donors (Lipinski definition) is 2. The molecule has 1 atom stereocenters. The molecule has 0 radical (unpaired) electrons. The van der Waals surface area contributed by atoms with Crippen LogP contribution < -0.4 is 10.6 Å². The van der Waals surface area contributed by atoms with Gasteiger partial charge in [0, 0.05) is 26.2 Å². The lowest BCUT2D eigenvalue weighted by Gasteiger charge is -2.40. The van der Waals surface area contributed by atoms with Gasteiger partial charge in [0.2, 0.25) is 0 Å². The van der Waals surface area contributed by atoms with E-state index in [0.717, 1.165) is 32.2 Å². The van der Waals surface area contributed by atoms with E-state index in [1.807, 2.05) is 0 Å². The van der Waals surface area contributed by atoms with Gasteiger partial charge in [0.25, 0.3) is 0 Å². The normalized spacial score (nSPS) is 26.0. The highest BCUT2D eigenvalue weighted by molar-refractivity contribution is 5.79. The van der Waals surface area contributed by atoms with Crippen molar-refractivity contribution in [2.24, 2.45) is 10.4 Å². The van der Waals surface area contributed by atoms with Gasteiger partial charge in [-0.2, -0.15) is 0 Å². The minimum Gasteiger partial charge on any atom is -0.376 e. The van der Waals surface area contributed by atoms with Crippen molar-refractivity contribution in [3.05, 3.63) is 0 Å². The molecule has 1 saturated heterocycles. The van der Waals surface area contributed by atoms with E-state index in [4.69, 9.17) is 9.73 Å². The topological polar surface area (TPSA) is 45.7 Å². The van der Waals surface area contributed by atoms with E-state index in [9.17, 15) is 0 Å². The summed E-state index contributed by atoms with van der Waals surface area (Å²) < 4.78 is 5.64. The van der Waals surface area contributed by atoms with E-state index in [2.05, 4.69) is 24.5 Å². The van der Waals surface area contributed by atoms with Crippen molar-refractivity contribution in [3.63, 3.8) is 0 Å². The summed E-state index contributed by atoms with van der Waals surface area (Å²) in [5, 5.41) is 6.76. The average Bonchev–Trinajstić information content (AvgIpc) is 2.88. The van der Waals surface area contributed by atoms with Gasteiger partial charge in [-0.3, -0.25) is 4.99 Å². The highest BCUT2D eigenvalue weighted by Gasteiger charge is 2.34. The van der Waals surface area contributed by atoms with Gasteiger partial charge in [0.05, 0.1) is 6.10 Å². The summed E-state index contributed by atoms with van der Waals surface area (Å²) in [5.41, 5.74) is 0.492. The molecule has 1 aliphatic carbocycles. The maximum absolute atomic E-state index is 5.64. The largest absolute Gasteiger partial charge is 0.376 e. The number of nitrogens with one attached hydrogen (secondary N) is 2. The Labute approximate surface area is 117 Å². The van der Waals surface area contributed by atoms with Gasteiger partial charge in [-0.05, 0) is 44.4 Å². The van der Waals surface area contributed by atoms with Gasteiger partial charge < -0.3 is 15.4 Å². The van der Waals surface area contributed by atoms with E-state index in [1.165, 1.54) is 38.5 Å². The monoisotopic (exact) mass is 267 g/mol.